The van der Waals surface area contributed by atoms with Crippen LogP contribution >= 0.6 is 7.82 Å². The van der Waals surface area contributed by atoms with Gasteiger partial charge in [-0.05, 0) is 89.9 Å². The van der Waals surface area contributed by atoms with Crippen molar-refractivity contribution in [1.82, 2.24) is 0 Å². The second kappa shape index (κ2) is 44.7. The largest absolute Gasteiger partial charge is 0.472 e. The van der Waals surface area contributed by atoms with Crippen LogP contribution in [0.2, 0.25) is 0 Å². The molecule has 0 spiro atoms. The summed E-state index contributed by atoms with van der Waals surface area (Å²) in [7, 11) is -4.32. The predicted molar refractivity (Wildman–Crippen MR) is 246 cm³/mol. The first-order chi connectivity index (χ1) is 28.4. The Labute approximate surface area is 353 Å². The molecule has 3 N–H and O–H groups in total. The smallest absolute Gasteiger partial charge is 0.457 e. The van der Waals surface area contributed by atoms with Crippen LogP contribution in [0.15, 0.2) is 134 Å². The molecule has 0 radical (unpaired) electrons. The van der Waals surface area contributed by atoms with E-state index in [9.17, 15) is 14.3 Å². The highest BCUT2D eigenvalue weighted by Gasteiger charge is 2.25. The monoisotopic (exact) mass is 824 g/mol. The van der Waals surface area contributed by atoms with Crippen LogP contribution in [0, 0.1) is 0 Å². The molecule has 2 unspecified atom stereocenters. The number of rotatable bonds is 39. The lowest BCUT2D eigenvalue weighted by Gasteiger charge is -2.19. The van der Waals surface area contributed by atoms with Gasteiger partial charge in [0.1, 0.15) is 6.10 Å². The zero-order valence-electron chi connectivity index (χ0n) is 36.0. The predicted octanol–water partition coefficient (Wildman–Crippen LogP) is 13.2. The molecule has 58 heavy (non-hydrogen) atoms. The lowest BCUT2D eigenvalue weighted by molar-refractivity contribution is -0.153. The van der Waals surface area contributed by atoms with E-state index in [4.69, 9.17) is 24.3 Å². The van der Waals surface area contributed by atoms with Crippen molar-refractivity contribution < 1.29 is 32.8 Å². The van der Waals surface area contributed by atoms with Gasteiger partial charge in [-0.1, -0.05) is 167 Å². The summed E-state index contributed by atoms with van der Waals surface area (Å²) in [6.07, 6.45) is 63.6. The highest BCUT2D eigenvalue weighted by Crippen LogP contribution is 2.43. The van der Waals surface area contributed by atoms with Gasteiger partial charge in [0.25, 0.3) is 0 Å². The zero-order valence-corrected chi connectivity index (χ0v) is 36.9. The number of ether oxygens (including phenoxy) is 2. The molecule has 0 aromatic rings. The third-order valence-electron chi connectivity index (χ3n) is 8.10. The van der Waals surface area contributed by atoms with Crippen LogP contribution in [0.3, 0.4) is 0 Å². The SMILES string of the molecule is CC/C=C\C/C=C\C/C=C\C/C=C\C/C=C\C/C=C\CCCCCCCOCC(COP(=O)(O)OCCN)OC(=O)C/C=C\C/C=C\C/C=C\C/C=C\C/C=C\CC. The maximum Gasteiger partial charge on any atom is 0.472 e. The van der Waals surface area contributed by atoms with Gasteiger partial charge in [-0.25, -0.2) is 4.57 Å². The number of carbonyl (C=O) groups excluding carboxylic acids is 1. The molecule has 0 saturated heterocycles. The molecule has 0 aromatic carbocycles. The molecule has 0 amide bonds. The summed E-state index contributed by atoms with van der Waals surface area (Å²) in [5, 5.41) is 0. The summed E-state index contributed by atoms with van der Waals surface area (Å²) in [5.41, 5.74) is 5.36. The molecule has 0 rings (SSSR count). The van der Waals surface area contributed by atoms with E-state index < -0.39 is 19.9 Å². The maximum atomic E-state index is 12.5. The second-order valence-corrected chi connectivity index (χ2v) is 14.9. The number of unbranched alkanes of at least 4 members (excludes halogenated alkanes) is 5. The lowest BCUT2D eigenvalue weighted by Crippen LogP contribution is -2.28. The third-order valence-corrected chi connectivity index (χ3v) is 9.08. The maximum absolute atomic E-state index is 12.5. The van der Waals surface area contributed by atoms with Gasteiger partial charge in [-0.3, -0.25) is 13.8 Å². The summed E-state index contributed by atoms with van der Waals surface area (Å²) in [4.78, 5) is 22.4. The Morgan fingerprint density at radius 3 is 1.36 bits per heavy atom. The number of hydrogen-bond donors (Lipinski definition) is 2. The Morgan fingerprint density at radius 2 is 0.914 bits per heavy atom. The molecule has 0 fully saturated rings. The summed E-state index contributed by atoms with van der Waals surface area (Å²) >= 11 is 0. The molecule has 0 aliphatic heterocycles. The molecule has 0 aromatic heterocycles. The minimum Gasteiger partial charge on any atom is -0.457 e. The Balaban J connectivity index is 4.21. The molecular weight excluding hydrogens is 746 g/mol. The van der Waals surface area contributed by atoms with Gasteiger partial charge in [0.15, 0.2) is 0 Å². The van der Waals surface area contributed by atoms with Crippen LogP contribution < -0.4 is 5.73 Å². The van der Waals surface area contributed by atoms with E-state index in [0.29, 0.717) is 13.0 Å². The molecule has 8 nitrogen and oxygen atoms in total. The molecule has 0 saturated carbocycles. The quantitative estimate of drug-likeness (QED) is 0.0272. The molecule has 0 bridgehead atoms. The Kier molecular flexibility index (Phi) is 42.1. The van der Waals surface area contributed by atoms with Gasteiger partial charge in [0.2, 0.25) is 0 Å². The van der Waals surface area contributed by atoms with Crippen molar-refractivity contribution in [3.05, 3.63) is 134 Å². The fourth-order valence-corrected chi connectivity index (χ4v) is 5.78. The molecule has 2 atom stereocenters. The van der Waals surface area contributed by atoms with Crippen LogP contribution in [0.4, 0.5) is 0 Å². The van der Waals surface area contributed by atoms with Crippen molar-refractivity contribution in [1.29, 1.82) is 0 Å². The Hall–Kier alpha value is -3.36. The summed E-state index contributed by atoms with van der Waals surface area (Å²) in [5.74, 6) is -0.471. The lowest BCUT2D eigenvalue weighted by atomic mass is 10.1. The standard InChI is InChI=1S/C49H78NO7P/c1-3-5-7-9-11-13-15-17-19-20-21-22-23-24-25-26-27-29-31-33-35-37-39-41-44-54-46-48(47-56-58(52,53)55-45-43-50)57-49(51)42-40-38-36-34-32-30-28-18-16-14-12-10-8-6-4-2/h5-8,11-14,17-19,21-22,24-25,27-29,32,34,38,40,48H,3-4,9-10,15-16,20,23,26,30-31,33,35-37,39,41-47,50H2,1-2H3,(H,52,53)/b7-5-,8-6-,13-11-,14-12-,19-17-,22-21-,25-24-,28-18-,29-27-,34-32-,40-38-. The van der Waals surface area contributed by atoms with Crippen molar-refractivity contribution in [3.63, 3.8) is 0 Å². The average Bonchev–Trinajstić information content (AvgIpc) is 3.21. The van der Waals surface area contributed by atoms with Crippen molar-refractivity contribution in [3.8, 4) is 0 Å². The Morgan fingerprint density at radius 1 is 0.517 bits per heavy atom. The normalized spacial score (nSPS) is 14.8. The average molecular weight is 824 g/mol. The fourth-order valence-electron chi connectivity index (χ4n) is 5.01. The summed E-state index contributed by atoms with van der Waals surface area (Å²) in [6.45, 7) is 4.45. The van der Waals surface area contributed by atoms with Gasteiger partial charge in [-0.2, -0.15) is 0 Å². The van der Waals surface area contributed by atoms with Crippen molar-refractivity contribution in [2.24, 2.45) is 5.73 Å². The Bertz CT molecular complexity index is 1340. The summed E-state index contributed by atoms with van der Waals surface area (Å²) < 4.78 is 33.3. The van der Waals surface area contributed by atoms with E-state index in [1.807, 2.05) is 6.08 Å². The first kappa shape index (κ1) is 54.6. The second-order valence-electron chi connectivity index (χ2n) is 13.5. The fraction of sp³-hybridized carbons (Fsp3) is 0.531. The number of phosphoric ester groups is 1. The highest BCUT2D eigenvalue weighted by atomic mass is 31.2. The van der Waals surface area contributed by atoms with Crippen LogP contribution in [0.25, 0.3) is 0 Å². The van der Waals surface area contributed by atoms with Gasteiger partial charge < -0.3 is 20.1 Å². The van der Waals surface area contributed by atoms with Crippen molar-refractivity contribution in [2.45, 2.75) is 136 Å². The minimum atomic E-state index is -4.32. The number of allylic oxidation sites excluding steroid dienone is 21. The van der Waals surface area contributed by atoms with E-state index >= 15 is 0 Å². The van der Waals surface area contributed by atoms with Gasteiger partial charge in [0, 0.05) is 13.2 Å². The first-order valence-electron chi connectivity index (χ1n) is 21.7. The van der Waals surface area contributed by atoms with E-state index in [0.717, 1.165) is 103 Å². The molecule has 9 heteroatoms. The zero-order chi connectivity index (χ0) is 42.3. The summed E-state index contributed by atoms with van der Waals surface area (Å²) in [6, 6.07) is 0. The van der Waals surface area contributed by atoms with Gasteiger partial charge in [0.05, 0.1) is 26.2 Å². The van der Waals surface area contributed by atoms with E-state index in [-0.39, 0.29) is 32.8 Å². The minimum absolute atomic E-state index is 0.0526. The number of phosphoric acid groups is 1. The molecule has 0 aliphatic rings. The van der Waals surface area contributed by atoms with E-state index in [1.165, 1.54) is 0 Å². The number of carbonyl (C=O) groups is 1. The van der Waals surface area contributed by atoms with Crippen LogP contribution in [0.5, 0.6) is 0 Å². The van der Waals surface area contributed by atoms with E-state index in [1.54, 1.807) is 6.08 Å². The number of hydrogen-bond acceptors (Lipinski definition) is 7. The van der Waals surface area contributed by atoms with Crippen LogP contribution in [-0.2, 0) is 27.9 Å². The number of esters is 1. The molecule has 326 valence electrons. The topological polar surface area (TPSA) is 117 Å². The molecule has 0 aliphatic carbocycles. The molecule has 0 heterocycles. The van der Waals surface area contributed by atoms with E-state index in [2.05, 4.69) is 135 Å². The first-order valence-corrected chi connectivity index (χ1v) is 23.2. The van der Waals surface area contributed by atoms with Crippen molar-refractivity contribution in [2.75, 3.05) is 33.0 Å². The highest BCUT2D eigenvalue weighted by molar-refractivity contribution is 7.47. The van der Waals surface area contributed by atoms with Crippen LogP contribution in [0.1, 0.15) is 129 Å². The third kappa shape index (κ3) is 43.8. The van der Waals surface area contributed by atoms with Crippen LogP contribution in [-0.4, -0.2) is 49.9 Å². The number of nitrogens with two attached hydrogens (primary N) is 1. The molecular formula is C49H78NO7P. The van der Waals surface area contributed by atoms with Gasteiger partial charge in [-0.15, -0.1) is 0 Å². The van der Waals surface area contributed by atoms with Crippen molar-refractivity contribution >= 4 is 13.8 Å². The van der Waals surface area contributed by atoms with Gasteiger partial charge >= 0.3 is 13.8 Å².